The predicted molar refractivity (Wildman–Crippen MR) is 123 cm³/mol. The smallest absolute Gasteiger partial charge is 0.341 e. The van der Waals surface area contributed by atoms with Crippen LogP contribution in [0.1, 0.15) is 30.4 Å². The Labute approximate surface area is 192 Å². The fourth-order valence-electron chi connectivity index (χ4n) is 3.70. The molecule has 1 aliphatic rings. The number of carbonyl (C=O) groups is 1. The van der Waals surface area contributed by atoms with Crippen molar-refractivity contribution in [1.82, 2.24) is 0 Å². The average molecular weight is 451 g/mol. The summed E-state index contributed by atoms with van der Waals surface area (Å²) in [4.78, 5) is 10.6. The van der Waals surface area contributed by atoms with Gasteiger partial charge in [0.25, 0.3) is 0 Å². The van der Waals surface area contributed by atoms with E-state index in [4.69, 9.17) is 19.3 Å². The van der Waals surface area contributed by atoms with Crippen LogP contribution < -0.4 is 14.2 Å². The highest BCUT2D eigenvalue weighted by Gasteiger charge is 2.18. The molecule has 3 aromatic rings. The van der Waals surface area contributed by atoms with Crippen molar-refractivity contribution >= 4 is 5.97 Å². The van der Waals surface area contributed by atoms with Gasteiger partial charge in [0.2, 0.25) is 0 Å². The Morgan fingerprint density at radius 1 is 1.00 bits per heavy atom. The lowest BCUT2D eigenvalue weighted by Crippen LogP contribution is -2.19. The molecule has 4 rings (SSSR count). The summed E-state index contributed by atoms with van der Waals surface area (Å²) in [6.07, 6.45) is 3.81. The maximum Gasteiger partial charge on any atom is 0.341 e. The van der Waals surface area contributed by atoms with Crippen LogP contribution in [0.3, 0.4) is 0 Å². The number of aryl methyl sites for hydroxylation is 1. The van der Waals surface area contributed by atoms with Gasteiger partial charge in [-0.3, -0.25) is 0 Å². The van der Waals surface area contributed by atoms with Crippen molar-refractivity contribution in [3.63, 3.8) is 0 Å². The van der Waals surface area contributed by atoms with Crippen LogP contribution in [0.25, 0.3) is 11.1 Å². The number of rotatable bonds is 10. The Morgan fingerprint density at radius 2 is 1.79 bits per heavy atom. The number of hydrogen-bond donors (Lipinski definition) is 1. The van der Waals surface area contributed by atoms with Crippen molar-refractivity contribution in [2.75, 3.05) is 13.2 Å². The number of hydrogen-bond acceptors (Lipinski definition) is 4. The molecule has 0 aliphatic heterocycles. The molecule has 1 aliphatic carbocycles. The van der Waals surface area contributed by atoms with E-state index in [1.165, 1.54) is 31.4 Å². The molecular formula is C27H27FO5. The molecule has 0 spiro atoms. The Kier molecular flexibility index (Phi) is 7.13. The maximum atomic E-state index is 14.1. The van der Waals surface area contributed by atoms with Crippen molar-refractivity contribution in [2.45, 2.75) is 32.8 Å². The summed E-state index contributed by atoms with van der Waals surface area (Å²) < 4.78 is 30.8. The van der Waals surface area contributed by atoms with Crippen LogP contribution in [0.5, 0.6) is 17.2 Å². The lowest BCUT2D eigenvalue weighted by Gasteiger charge is -2.25. The molecule has 5 nitrogen and oxygen atoms in total. The van der Waals surface area contributed by atoms with Crippen LogP contribution in [0.15, 0.2) is 60.7 Å². The molecule has 1 N–H and O–H groups in total. The Balaban J connectivity index is 1.42. The first-order valence-electron chi connectivity index (χ1n) is 11.1. The second-order valence-electron chi connectivity index (χ2n) is 8.35. The Hall–Kier alpha value is -3.54. The number of benzene rings is 3. The van der Waals surface area contributed by atoms with E-state index in [-0.39, 0.29) is 12.4 Å². The van der Waals surface area contributed by atoms with Crippen molar-refractivity contribution in [1.29, 1.82) is 0 Å². The first-order valence-corrected chi connectivity index (χ1v) is 11.1. The van der Waals surface area contributed by atoms with Gasteiger partial charge in [-0.1, -0.05) is 30.7 Å². The van der Waals surface area contributed by atoms with Crippen molar-refractivity contribution < 1.29 is 28.5 Å². The standard InChI is InChI=1S/C27H27FO5/c1-18-8-9-22(31-15-19-4-2-5-19)13-24(18)21-7-3-6-20(12-21)16-32-23-10-11-26(25(28)14-23)33-17-27(29)30/h3,6-14,19H,2,4-5,15-17H2,1H3,(H,29,30). The number of ether oxygens (including phenoxy) is 3. The summed E-state index contributed by atoms with van der Waals surface area (Å²) >= 11 is 0. The second-order valence-corrected chi connectivity index (χ2v) is 8.35. The topological polar surface area (TPSA) is 65.0 Å². The highest BCUT2D eigenvalue weighted by atomic mass is 19.1. The Morgan fingerprint density at radius 3 is 2.52 bits per heavy atom. The van der Waals surface area contributed by atoms with E-state index in [0.717, 1.165) is 34.6 Å². The summed E-state index contributed by atoms with van der Waals surface area (Å²) in [7, 11) is 0. The summed E-state index contributed by atoms with van der Waals surface area (Å²) in [5, 5.41) is 8.65. The number of carboxylic acids is 1. The van der Waals surface area contributed by atoms with Crippen molar-refractivity contribution in [2.24, 2.45) is 5.92 Å². The van der Waals surface area contributed by atoms with Gasteiger partial charge in [-0.25, -0.2) is 9.18 Å². The van der Waals surface area contributed by atoms with E-state index in [2.05, 4.69) is 31.2 Å². The number of halogens is 1. The van der Waals surface area contributed by atoms with Gasteiger partial charge in [0.15, 0.2) is 18.2 Å². The molecular weight excluding hydrogens is 423 g/mol. The fourth-order valence-corrected chi connectivity index (χ4v) is 3.70. The highest BCUT2D eigenvalue weighted by molar-refractivity contribution is 5.69. The summed E-state index contributed by atoms with van der Waals surface area (Å²) in [6.45, 7) is 2.51. The summed E-state index contributed by atoms with van der Waals surface area (Å²) in [6, 6.07) is 18.3. The van der Waals surface area contributed by atoms with Gasteiger partial charge in [-0.2, -0.15) is 0 Å². The average Bonchev–Trinajstić information content (AvgIpc) is 2.77. The van der Waals surface area contributed by atoms with Crippen LogP contribution in [0.2, 0.25) is 0 Å². The van der Waals surface area contributed by atoms with E-state index >= 15 is 0 Å². The molecule has 0 atom stereocenters. The minimum absolute atomic E-state index is 0.123. The maximum absolute atomic E-state index is 14.1. The molecule has 0 unspecified atom stereocenters. The zero-order valence-electron chi connectivity index (χ0n) is 18.6. The van der Waals surface area contributed by atoms with E-state index in [1.807, 2.05) is 18.2 Å². The van der Waals surface area contributed by atoms with Gasteiger partial charge < -0.3 is 19.3 Å². The number of carboxylic acid groups (broad SMARTS) is 1. The molecule has 0 heterocycles. The van der Waals surface area contributed by atoms with Crippen LogP contribution in [-0.2, 0) is 11.4 Å². The van der Waals surface area contributed by atoms with Crippen molar-refractivity contribution in [3.8, 4) is 28.4 Å². The molecule has 3 aromatic carbocycles. The molecule has 0 aromatic heterocycles. The first kappa shape index (κ1) is 22.6. The minimum Gasteiger partial charge on any atom is -0.493 e. The lowest BCUT2D eigenvalue weighted by molar-refractivity contribution is -0.139. The van der Waals surface area contributed by atoms with Gasteiger partial charge in [-0.05, 0) is 78.3 Å². The minimum atomic E-state index is -1.17. The SMILES string of the molecule is Cc1ccc(OCC2CCC2)cc1-c1cccc(COc2ccc(OCC(=O)O)c(F)c2)c1. The normalized spacial score (nSPS) is 13.3. The third-order valence-corrected chi connectivity index (χ3v) is 5.82. The zero-order chi connectivity index (χ0) is 23.2. The van der Waals surface area contributed by atoms with E-state index < -0.39 is 18.4 Å². The molecule has 1 saturated carbocycles. The van der Waals surface area contributed by atoms with Crippen LogP contribution in [0, 0.1) is 18.7 Å². The van der Waals surface area contributed by atoms with E-state index in [1.54, 1.807) is 6.07 Å². The van der Waals surface area contributed by atoms with Crippen LogP contribution in [0.4, 0.5) is 4.39 Å². The first-order chi connectivity index (χ1) is 16.0. The quantitative estimate of drug-likeness (QED) is 0.409. The van der Waals surface area contributed by atoms with E-state index in [0.29, 0.717) is 11.7 Å². The molecule has 0 bridgehead atoms. The van der Waals surface area contributed by atoms with Gasteiger partial charge in [0.1, 0.15) is 18.1 Å². The highest BCUT2D eigenvalue weighted by Crippen LogP contribution is 2.31. The zero-order valence-corrected chi connectivity index (χ0v) is 18.6. The van der Waals surface area contributed by atoms with Gasteiger partial charge in [0.05, 0.1) is 6.61 Å². The summed E-state index contributed by atoms with van der Waals surface area (Å²) in [5.41, 5.74) is 4.27. The largest absolute Gasteiger partial charge is 0.493 e. The van der Waals surface area contributed by atoms with Gasteiger partial charge in [-0.15, -0.1) is 0 Å². The molecule has 0 amide bonds. The molecule has 0 radical (unpaired) electrons. The monoisotopic (exact) mass is 450 g/mol. The third-order valence-electron chi connectivity index (χ3n) is 5.82. The second kappa shape index (κ2) is 10.4. The fraction of sp³-hybridized carbons (Fsp3) is 0.296. The molecule has 6 heteroatoms. The lowest BCUT2D eigenvalue weighted by atomic mass is 9.86. The summed E-state index contributed by atoms with van der Waals surface area (Å²) in [5.74, 6) is -0.0652. The predicted octanol–water partition coefficient (Wildman–Crippen LogP) is 6.02. The van der Waals surface area contributed by atoms with Gasteiger partial charge in [0, 0.05) is 6.07 Å². The number of aliphatic carboxylic acids is 1. The third kappa shape index (κ3) is 6.04. The molecule has 172 valence electrons. The molecule has 33 heavy (non-hydrogen) atoms. The van der Waals surface area contributed by atoms with Gasteiger partial charge >= 0.3 is 5.97 Å². The Bertz CT molecular complexity index is 1120. The van der Waals surface area contributed by atoms with Crippen LogP contribution >= 0.6 is 0 Å². The van der Waals surface area contributed by atoms with Crippen molar-refractivity contribution in [3.05, 3.63) is 77.6 Å². The van der Waals surface area contributed by atoms with E-state index in [9.17, 15) is 9.18 Å². The molecule has 0 saturated heterocycles. The molecule has 1 fully saturated rings. The van der Waals surface area contributed by atoms with Crippen LogP contribution in [-0.4, -0.2) is 24.3 Å².